The largest absolute Gasteiger partial charge is 0.388 e. The van der Waals surface area contributed by atoms with E-state index in [1.165, 1.54) is 0 Å². The average molecular weight is 208 g/mol. The molecule has 1 fully saturated rings. The molecule has 1 aliphatic rings. The lowest BCUT2D eigenvalue weighted by Gasteiger charge is -2.21. The summed E-state index contributed by atoms with van der Waals surface area (Å²) in [4.78, 5) is 10.5. The highest BCUT2D eigenvalue weighted by Crippen LogP contribution is 2.26. The Morgan fingerprint density at radius 1 is 1.53 bits per heavy atom. The van der Waals surface area contributed by atoms with Crippen molar-refractivity contribution in [3.05, 3.63) is 18.1 Å². The molecule has 0 aliphatic carbocycles. The van der Waals surface area contributed by atoms with Crippen LogP contribution >= 0.6 is 0 Å². The van der Waals surface area contributed by atoms with E-state index in [1.807, 2.05) is 11.8 Å². The normalized spacial score (nSPS) is 25.9. The summed E-state index contributed by atoms with van der Waals surface area (Å²) >= 11 is 0. The number of nitrogens with two attached hydrogens (primary N) is 1. The fraction of sp³-hybridized carbons (Fsp3) is 0.600. The summed E-state index contributed by atoms with van der Waals surface area (Å²) < 4.78 is 0. The topological polar surface area (TPSA) is 75.3 Å². The van der Waals surface area contributed by atoms with Crippen molar-refractivity contribution in [3.8, 4) is 0 Å². The van der Waals surface area contributed by atoms with Gasteiger partial charge < -0.3 is 15.7 Å². The second-order valence-electron chi connectivity index (χ2n) is 4.20. The van der Waals surface area contributed by atoms with Gasteiger partial charge in [-0.1, -0.05) is 0 Å². The quantitative estimate of drug-likeness (QED) is 0.709. The van der Waals surface area contributed by atoms with Gasteiger partial charge in [0.15, 0.2) is 5.82 Å². The number of nitrogens with zero attached hydrogens (tertiary/aromatic N) is 3. The van der Waals surface area contributed by atoms with E-state index in [1.54, 1.807) is 12.4 Å². The SMILES string of the molecule is CC1(O)CCN(c2nccnc2CN)C1. The molecule has 5 nitrogen and oxygen atoms in total. The van der Waals surface area contributed by atoms with E-state index >= 15 is 0 Å². The van der Waals surface area contributed by atoms with E-state index < -0.39 is 5.60 Å². The molecule has 3 N–H and O–H groups in total. The van der Waals surface area contributed by atoms with Gasteiger partial charge in [-0.2, -0.15) is 0 Å². The zero-order valence-corrected chi connectivity index (χ0v) is 8.85. The van der Waals surface area contributed by atoms with E-state index in [0.717, 1.165) is 24.5 Å². The lowest BCUT2D eigenvalue weighted by molar-refractivity contribution is 0.0839. The van der Waals surface area contributed by atoms with Crippen molar-refractivity contribution in [2.45, 2.75) is 25.5 Å². The molecule has 1 atom stereocenters. The Morgan fingerprint density at radius 2 is 2.27 bits per heavy atom. The molecule has 0 aromatic carbocycles. The van der Waals surface area contributed by atoms with Gasteiger partial charge in [0.1, 0.15) is 0 Å². The summed E-state index contributed by atoms with van der Waals surface area (Å²) in [6.45, 7) is 3.62. The Kier molecular flexibility index (Phi) is 2.58. The van der Waals surface area contributed by atoms with Gasteiger partial charge in [0.2, 0.25) is 0 Å². The van der Waals surface area contributed by atoms with Crippen molar-refractivity contribution in [2.75, 3.05) is 18.0 Å². The average Bonchev–Trinajstić information content (AvgIpc) is 2.59. The third-order valence-electron chi connectivity index (χ3n) is 2.70. The maximum Gasteiger partial charge on any atom is 0.151 e. The van der Waals surface area contributed by atoms with Crippen LogP contribution in [0, 0.1) is 0 Å². The van der Waals surface area contributed by atoms with E-state index in [-0.39, 0.29) is 0 Å². The van der Waals surface area contributed by atoms with Gasteiger partial charge in [-0.05, 0) is 13.3 Å². The summed E-state index contributed by atoms with van der Waals surface area (Å²) in [5.41, 5.74) is 5.76. The van der Waals surface area contributed by atoms with Crippen LogP contribution in [-0.4, -0.2) is 33.8 Å². The first kappa shape index (κ1) is 10.3. The van der Waals surface area contributed by atoms with E-state index in [4.69, 9.17) is 5.73 Å². The predicted octanol–water partition coefficient (Wildman–Crippen LogP) is -0.104. The van der Waals surface area contributed by atoms with Crippen LogP contribution in [0.2, 0.25) is 0 Å². The molecule has 1 aliphatic heterocycles. The Hall–Kier alpha value is -1.20. The third-order valence-corrected chi connectivity index (χ3v) is 2.70. The summed E-state index contributed by atoms with van der Waals surface area (Å²) in [6.07, 6.45) is 4.05. The smallest absolute Gasteiger partial charge is 0.151 e. The molecule has 1 aromatic rings. The highest BCUT2D eigenvalue weighted by atomic mass is 16.3. The molecule has 82 valence electrons. The summed E-state index contributed by atoms with van der Waals surface area (Å²) in [7, 11) is 0. The van der Waals surface area contributed by atoms with Crippen molar-refractivity contribution < 1.29 is 5.11 Å². The zero-order chi connectivity index (χ0) is 10.9. The minimum Gasteiger partial charge on any atom is -0.388 e. The monoisotopic (exact) mass is 208 g/mol. The molecule has 0 amide bonds. The number of hydrogen-bond donors (Lipinski definition) is 2. The second kappa shape index (κ2) is 3.75. The maximum absolute atomic E-state index is 9.87. The number of aromatic nitrogens is 2. The first-order chi connectivity index (χ1) is 7.12. The van der Waals surface area contributed by atoms with Crippen molar-refractivity contribution in [1.82, 2.24) is 9.97 Å². The van der Waals surface area contributed by atoms with Crippen LogP contribution in [0.1, 0.15) is 19.0 Å². The molecule has 1 aromatic heterocycles. The standard InChI is InChI=1S/C10H16N4O/c1-10(15)2-5-14(7-10)9-8(6-11)12-3-4-13-9/h3-4,15H,2,5-7,11H2,1H3. The number of β-amino-alcohol motifs (C(OH)–C–C–N with tert-alkyl or cyclic N) is 1. The lowest BCUT2D eigenvalue weighted by atomic mass is 10.1. The van der Waals surface area contributed by atoms with Gasteiger partial charge >= 0.3 is 0 Å². The minimum absolute atomic E-state index is 0.377. The second-order valence-corrected chi connectivity index (χ2v) is 4.20. The lowest BCUT2D eigenvalue weighted by Crippen LogP contribution is -2.31. The van der Waals surface area contributed by atoms with Crippen LogP contribution in [0.15, 0.2) is 12.4 Å². The Labute approximate surface area is 88.9 Å². The molecule has 1 saturated heterocycles. The van der Waals surface area contributed by atoms with Gasteiger partial charge in [0.25, 0.3) is 0 Å². The summed E-state index contributed by atoms with van der Waals surface area (Å²) in [5, 5.41) is 9.87. The Morgan fingerprint density at radius 3 is 2.87 bits per heavy atom. The van der Waals surface area contributed by atoms with Gasteiger partial charge in [-0.25, -0.2) is 4.98 Å². The molecular formula is C10H16N4O. The minimum atomic E-state index is -0.622. The summed E-state index contributed by atoms with van der Waals surface area (Å²) in [6, 6.07) is 0. The molecule has 0 spiro atoms. The van der Waals surface area contributed by atoms with Crippen LogP contribution in [0.3, 0.4) is 0 Å². The highest BCUT2D eigenvalue weighted by molar-refractivity contribution is 5.44. The third kappa shape index (κ3) is 2.08. The van der Waals surface area contributed by atoms with Crippen LogP contribution in [0.25, 0.3) is 0 Å². The fourth-order valence-corrected chi connectivity index (χ4v) is 1.89. The maximum atomic E-state index is 9.87. The predicted molar refractivity (Wildman–Crippen MR) is 57.4 cm³/mol. The first-order valence-corrected chi connectivity index (χ1v) is 5.10. The summed E-state index contributed by atoms with van der Waals surface area (Å²) in [5.74, 6) is 0.803. The number of aliphatic hydroxyl groups is 1. The van der Waals surface area contributed by atoms with Crippen molar-refractivity contribution in [3.63, 3.8) is 0 Å². The van der Waals surface area contributed by atoms with Crippen LogP contribution < -0.4 is 10.6 Å². The zero-order valence-electron chi connectivity index (χ0n) is 8.85. The van der Waals surface area contributed by atoms with Crippen molar-refractivity contribution in [2.24, 2.45) is 5.73 Å². The van der Waals surface area contributed by atoms with Crippen molar-refractivity contribution in [1.29, 1.82) is 0 Å². The first-order valence-electron chi connectivity index (χ1n) is 5.10. The molecule has 0 saturated carbocycles. The van der Waals surface area contributed by atoms with E-state index in [0.29, 0.717) is 13.1 Å². The van der Waals surface area contributed by atoms with Gasteiger partial charge in [0.05, 0.1) is 11.3 Å². The van der Waals surface area contributed by atoms with Crippen molar-refractivity contribution >= 4 is 5.82 Å². The molecule has 1 unspecified atom stereocenters. The van der Waals surface area contributed by atoms with Gasteiger partial charge in [-0.15, -0.1) is 0 Å². The number of anilines is 1. The van der Waals surface area contributed by atoms with Crippen LogP contribution in [0.4, 0.5) is 5.82 Å². The molecule has 0 radical (unpaired) electrons. The molecule has 5 heteroatoms. The number of hydrogen-bond acceptors (Lipinski definition) is 5. The molecular weight excluding hydrogens is 192 g/mol. The van der Waals surface area contributed by atoms with Gasteiger partial charge in [-0.3, -0.25) is 4.98 Å². The number of rotatable bonds is 2. The fourth-order valence-electron chi connectivity index (χ4n) is 1.89. The molecule has 0 bridgehead atoms. The van der Waals surface area contributed by atoms with E-state index in [2.05, 4.69) is 9.97 Å². The van der Waals surface area contributed by atoms with Crippen LogP contribution in [0.5, 0.6) is 0 Å². The molecule has 2 rings (SSSR count). The molecule has 15 heavy (non-hydrogen) atoms. The van der Waals surface area contributed by atoms with Gasteiger partial charge in [0, 0.05) is 32.0 Å². The van der Waals surface area contributed by atoms with E-state index in [9.17, 15) is 5.11 Å². The van der Waals surface area contributed by atoms with Crippen LogP contribution in [-0.2, 0) is 6.54 Å². The molecule has 2 heterocycles. The highest BCUT2D eigenvalue weighted by Gasteiger charge is 2.32. The Balaban J connectivity index is 2.23. The Bertz CT molecular complexity index is 353.